The number of aromatic nitrogens is 1. The second kappa shape index (κ2) is 6.89. The summed E-state index contributed by atoms with van der Waals surface area (Å²) in [5.41, 5.74) is 2.42. The van der Waals surface area contributed by atoms with E-state index >= 15 is 0 Å². The average molecular weight is 290 g/mol. The average Bonchev–Trinajstić information content (AvgIpc) is 2.45. The Labute approximate surface area is 127 Å². The molecule has 0 radical (unpaired) electrons. The predicted molar refractivity (Wildman–Crippen MR) is 85.4 cm³/mol. The van der Waals surface area contributed by atoms with E-state index < -0.39 is 0 Å². The topological polar surface area (TPSA) is 48.5 Å². The minimum absolute atomic E-state index is 0.162. The molecule has 1 N–H and O–H groups in total. The maximum atomic E-state index is 11.4. The lowest BCUT2D eigenvalue weighted by molar-refractivity contribution is -0.129. The summed E-state index contributed by atoms with van der Waals surface area (Å²) in [4.78, 5) is 20.2. The van der Waals surface area contributed by atoms with E-state index in [0.717, 1.165) is 38.5 Å². The Kier molecular flexibility index (Phi) is 5.17. The van der Waals surface area contributed by atoms with Gasteiger partial charge in [0.1, 0.15) is 5.82 Å². The molecule has 5 heteroatoms. The minimum Gasteiger partial charge on any atom is -0.353 e. The van der Waals surface area contributed by atoms with Crippen LogP contribution in [0.1, 0.15) is 31.9 Å². The number of nitrogens with zero attached hydrogens (tertiary/aromatic N) is 3. The molecule has 0 saturated carbocycles. The summed E-state index contributed by atoms with van der Waals surface area (Å²) in [6, 6.07) is 2.68. The molecule has 1 aromatic heterocycles. The number of hydrogen-bond donors (Lipinski definition) is 1. The maximum Gasteiger partial charge on any atom is 0.219 e. The second-order valence-electron chi connectivity index (χ2n) is 6.01. The normalized spacial score (nSPS) is 15.7. The number of carbonyl (C=O) groups excluding carboxylic acids is 1. The first-order valence-electron chi connectivity index (χ1n) is 7.66. The number of amides is 1. The van der Waals surface area contributed by atoms with Gasteiger partial charge in [0.05, 0.1) is 0 Å². The Morgan fingerprint density at radius 1 is 1.33 bits per heavy atom. The Balaban J connectivity index is 1.99. The first-order chi connectivity index (χ1) is 9.97. The first kappa shape index (κ1) is 15.8. The van der Waals surface area contributed by atoms with Crippen LogP contribution in [-0.4, -0.2) is 48.0 Å². The van der Waals surface area contributed by atoms with Gasteiger partial charge in [-0.15, -0.1) is 0 Å². The largest absolute Gasteiger partial charge is 0.353 e. The van der Waals surface area contributed by atoms with Crippen LogP contribution in [0.25, 0.3) is 0 Å². The number of nitrogens with one attached hydrogen (secondary N) is 1. The van der Waals surface area contributed by atoms with E-state index in [4.69, 9.17) is 0 Å². The van der Waals surface area contributed by atoms with Gasteiger partial charge < -0.3 is 15.1 Å². The molecule has 1 aromatic rings. The smallest absolute Gasteiger partial charge is 0.219 e. The fourth-order valence-corrected chi connectivity index (χ4v) is 2.61. The van der Waals surface area contributed by atoms with Crippen LogP contribution in [-0.2, 0) is 11.3 Å². The number of carbonyl (C=O) groups is 1. The summed E-state index contributed by atoms with van der Waals surface area (Å²) in [5.74, 6) is 1.21. The third kappa shape index (κ3) is 4.17. The van der Waals surface area contributed by atoms with Gasteiger partial charge in [-0.2, -0.15) is 0 Å². The highest BCUT2D eigenvalue weighted by Crippen LogP contribution is 2.19. The van der Waals surface area contributed by atoms with Crippen LogP contribution in [0.3, 0.4) is 0 Å². The molecule has 21 heavy (non-hydrogen) atoms. The third-order valence-electron chi connectivity index (χ3n) is 3.85. The van der Waals surface area contributed by atoms with Gasteiger partial charge in [-0.25, -0.2) is 4.98 Å². The summed E-state index contributed by atoms with van der Waals surface area (Å²) in [6.45, 7) is 12.2. The molecule has 2 rings (SSSR count). The van der Waals surface area contributed by atoms with Crippen molar-refractivity contribution < 1.29 is 4.79 Å². The number of rotatable bonds is 4. The molecule has 1 saturated heterocycles. The van der Waals surface area contributed by atoms with E-state index in [1.54, 1.807) is 6.92 Å². The monoisotopic (exact) mass is 290 g/mol. The highest BCUT2D eigenvalue weighted by Gasteiger charge is 2.20. The standard InChI is InChI=1S/C16H26N4O/c1-12(2)17-10-15-9-13(3)16(18-11-15)20-7-5-19(6-8-20)14(4)21/h9,11-12,17H,5-8,10H2,1-4H3. The number of aryl methyl sites for hydroxylation is 1. The quantitative estimate of drug-likeness (QED) is 0.914. The number of hydrogen-bond acceptors (Lipinski definition) is 4. The lowest BCUT2D eigenvalue weighted by Gasteiger charge is -2.35. The molecule has 0 aromatic carbocycles. The van der Waals surface area contributed by atoms with Crippen molar-refractivity contribution in [3.8, 4) is 0 Å². The van der Waals surface area contributed by atoms with Gasteiger partial charge in [-0.1, -0.05) is 13.8 Å². The molecule has 0 bridgehead atoms. The molecule has 1 fully saturated rings. The molecule has 2 heterocycles. The van der Waals surface area contributed by atoms with E-state index in [-0.39, 0.29) is 5.91 Å². The summed E-state index contributed by atoms with van der Waals surface area (Å²) in [6.07, 6.45) is 1.95. The summed E-state index contributed by atoms with van der Waals surface area (Å²) >= 11 is 0. The highest BCUT2D eigenvalue weighted by atomic mass is 16.2. The molecule has 0 spiro atoms. The minimum atomic E-state index is 0.162. The fraction of sp³-hybridized carbons (Fsp3) is 0.625. The van der Waals surface area contributed by atoms with E-state index in [1.807, 2.05) is 11.1 Å². The Hall–Kier alpha value is -1.62. The van der Waals surface area contributed by atoms with Gasteiger partial charge in [-0.05, 0) is 24.1 Å². The summed E-state index contributed by atoms with van der Waals surface area (Å²) in [5, 5.41) is 3.41. The molecule has 116 valence electrons. The zero-order chi connectivity index (χ0) is 15.4. The van der Waals surface area contributed by atoms with Gasteiger partial charge in [0.2, 0.25) is 5.91 Å². The maximum absolute atomic E-state index is 11.4. The molecule has 1 amide bonds. The zero-order valence-corrected chi connectivity index (χ0v) is 13.5. The van der Waals surface area contributed by atoms with E-state index in [0.29, 0.717) is 6.04 Å². The Morgan fingerprint density at radius 3 is 2.52 bits per heavy atom. The van der Waals surface area contributed by atoms with Crippen molar-refractivity contribution in [1.82, 2.24) is 15.2 Å². The van der Waals surface area contributed by atoms with Gasteiger partial charge in [-0.3, -0.25) is 4.79 Å². The highest BCUT2D eigenvalue weighted by molar-refractivity contribution is 5.73. The van der Waals surface area contributed by atoms with E-state index in [2.05, 4.69) is 42.0 Å². The SMILES string of the molecule is CC(=O)N1CCN(c2ncc(CNC(C)C)cc2C)CC1. The summed E-state index contributed by atoms with van der Waals surface area (Å²) < 4.78 is 0. The molecule has 0 atom stereocenters. The van der Waals surface area contributed by atoms with Gasteiger partial charge in [0.25, 0.3) is 0 Å². The lowest BCUT2D eigenvalue weighted by Crippen LogP contribution is -2.48. The van der Waals surface area contributed by atoms with Crippen molar-refractivity contribution >= 4 is 11.7 Å². The molecular weight excluding hydrogens is 264 g/mol. The lowest BCUT2D eigenvalue weighted by atomic mass is 10.1. The number of anilines is 1. The van der Waals surface area contributed by atoms with Crippen molar-refractivity contribution in [3.05, 3.63) is 23.4 Å². The molecule has 1 aliphatic heterocycles. The second-order valence-corrected chi connectivity index (χ2v) is 6.01. The number of piperazine rings is 1. The Morgan fingerprint density at radius 2 is 2.00 bits per heavy atom. The van der Waals surface area contributed by atoms with Crippen molar-refractivity contribution in [2.45, 2.75) is 40.3 Å². The van der Waals surface area contributed by atoms with Gasteiger partial charge >= 0.3 is 0 Å². The van der Waals surface area contributed by atoms with Gasteiger partial charge in [0.15, 0.2) is 0 Å². The van der Waals surface area contributed by atoms with Crippen LogP contribution in [0.5, 0.6) is 0 Å². The predicted octanol–water partition coefficient (Wildman–Crippen LogP) is 1.56. The molecule has 5 nitrogen and oxygen atoms in total. The van der Waals surface area contributed by atoms with Gasteiger partial charge in [0, 0.05) is 51.9 Å². The third-order valence-corrected chi connectivity index (χ3v) is 3.85. The van der Waals surface area contributed by atoms with Crippen molar-refractivity contribution in [2.24, 2.45) is 0 Å². The van der Waals surface area contributed by atoms with Crippen LogP contribution in [0.15, 0.2) is 12.3 Å². The number of pyridine rings is 1. The van der Waals surface area contributed by atoms with E-state index in [9.17, 15) is 4.79 Å². The van der Waals surface area contributed by atoms with Crippen LogP contribution < -0.4 is 10.2 Å². The van der Waals surface area contributed by atoms with Crippen LogP contribution >= 0.6 is 0 Å². The van der Waals surface area contributed by atoms with E-state index in [1.165, 1.54) is 11.1 Å². The molecule has 1 aliphatic rings. The van der Waals surface area contributed by atoms with Crippen molar-refractivity contribution in [3.63, 3.8) is 0 Å². The molecule has 0 unspecified atom stereocenters. The first-order valence-corrected chi connectivity index (χ1v) is 7.66. The molecule has 0 aliphatic carbocycles. The zero-order valence-electron chi connectivity index (χ0n) is 13.5. The van der Waals surface area contributed by atoms with Crippen molar-refractivity contribution in [2.75, 3.05) is 31.1 Å². The van der Waals surface area contributed by atoms with Crippen LogP contribution in [0.4, 0.5) is 5.82 Å². The van der Waals surface area contributed by atoms with Crippen LogP contribution in [0.2, 0.25) is 0 Å². The fourth-order valence-electron chi connectivity index (χ4n) is 2.61. The summed E-state index contributed by atoms with van der Waals surface area (Å²) in [7, 11) is 0. The van der Waals surface area contributed by atoms with Crippen molar-refractivity contribution in [1.29, 1.82) is 0 Å². The Bertz CT molecular complexity index is 493. The molecular formula is C16H26N4O. The van der Waals surface area contributed by atoms with Crippen LogP contribution in [0, 0.1) is 6.92 Å².